The highest BCUT2D eigenvalue weighted by Gasteiger charge is 2.05. The van der Waals surface area contributed by atoms with Crippen LogP contribution in [0.2, 0.25) is 0 Å². The van der Waals surface area contributed by atoms with Crippen LogP contribution in [-0.2, 0) is 16.2 Å². The lowest BCUT2D eigenvalue weighted by Gasteiger charge is -2.06. The molecule has 0 aliphatic heterocycles. The van der Waals surface area contributed by atoms with Gasteiger partial charge in [0.1, 0.15) is 12.4 Å². The summed E-state index contributed by atoms with van der Waals surface area (Å²) in [4.78, 5) is 21.5. The fourth-order valence-electron chi connectivity index (χ4n) is 1.65. The largest absolute Gasteiger partial charge is 0.489 e. The van der Waals surface area contributed by atoms with Gasteiger partial charge in [-0.2, -0.15) is 5.10 Å². The van der Waals surface area contributed by atoms with E-state index in [0.717, 1.165) is 11.1 Å². The van der Waals surface area contributed by atoms with Crippen LogP contribution in [0, 0.1) is 0 Å². The summed E-state index contributed by atoms with van der Waals surface area (Å²) in [5.74, 6) is -1.38. The number of hydrazone groups is 1. The molecule has 0 spiro atoms. The van der Waals surface area contributed by atoms with E-state index < -0.39 is 11.8 Å². The number of benzene rings is 2. The van der Waals surface area contributed by atoms with Crippen molar-refractivity contribution in [1.29, 1.82) is 0 Å². The molecule has 0 unspecified atom stereocenters. The van der Waals surface area contributed by atoms with E-state index in [1.807, 2.05) is 41.8 Å². The Balaban J connectivity index is 1.93. The van der Waals surface area contributed by atoms with Crippen molar-refractivity contribution < 1.29 is 14.3 Å². The molecule has 0 aliphatic rings. The van der Waals surface area contributed by atoms with Gasteiger partial charge in [0, 0.05) is 0 Å². The first-order chi connectivity index (χ1) is 10.6. The van der Waals surface area contributed by atoms with E-state index in [9.17, 15) is 9.59 Å². The molecule has 2 aromatic carbocycles. The Morgan fingerprint density at radius 2 is 1.91 bits per heavy atom. The van der Waals surface area contributed by atoms with E-state index in [1.165, 1.54) is 6.21 Å². The first-order valence-corrected chi connectivity index (χ1v) is 6.55. The minimum absolute atomic E-state index is 0.458. The van der Waals surface area contributed by atoms with E-state index >= 15 is 0 Å². The summed E-state index contributed by atoms with van der Waals surface area (Å²) in [5.41, 5.74) is 8.60. The van der Waals surface area contributed by atoms with Crippen LogP contribution < -0.4 is 15.9 Å². The van der Waals surface area contributed by atoms with Crippen molar-refractivity contribution in [2.75, 3.05) is 0 Å². The molecule has 2 rings (SSSR count). The third-order valence-electron chi connectivity index (χ3n) is 2.71. The maximum atomic E-state index is 10.9. The molecular weight excluding hydrogens is 282 g/mol. The summed E-state index contributed by atoms with van der Waals surface area (Å²) in [6.07, 6.45) is 1.40. The SMILES string of the molecule is NC(=O)C(=O)N/N=C\c1cccc(OCc2ccccc2)c1. The van der Waals surface area contributed by atoms with Gasteiger partial charge in [0.15, 0.2) is 0 Å². The number of nitrogens with two attached hydrogens (primary N) is 1. The Labute approximate surface area is 127 Å². The number of nitrogens with one attached hydrogen (secondary N) is 1. The first-order valence-electron chi connectivity index (χ1n) is 6.55. The maximum absolute atomic E-state index is 10.9. The summed E-state index contributed by atoms with van der Waals surface area (Å²) in [5, 5.41) is 3.64. The molecule has 2 aromatic rings. The monoisotopic (exact) mass is 297 g/mol. The van der Waals surface area contributed by atoms with Gasteiger partial charge in [0.2, 0.25) is 0 Å². The summed E-state index contributed by atoms with van der Waals surface area (Å²) >= 11 is 0. The zero-order valence-electron chi connectivity index (χ0n) is 11.7. The second-order valence-corrected chi connectivity index (χ2v) is 4.41. The van der Waals surface area contributed by atoms with Crippen LogP contribution in [-0.4, -0.2) is 18.0 Å². The number of primary amides is 1. The molecule has 0 fully saturated rings. The highest BCUT2D eigenvalue weighted by Crippen LogP contribution is 2.14. The van der Waals surface area contributed by atoms with Crippen molar-refractivity contribution in [3.05, 3.63) is 65.7 Å². The lowest BCUT2D eigenvalue weighted by atomic mass is 10.2. The molecule has 0 saturated heterocycles. The number of ether oxygens (including phenoxy) is 1. The number of hydrogen-bond donors (Lipinski definition) is 2. The van der Waals surface area contributed by atoms with Gasteiger partial charge in [0.05, 0.1) is 6.21 Å². The Morgan fingerprint density at radius 3 is 2.64 bits per heavy atom. The van der Waals surface area contributed by atoms with Crippen molar-refractivity contribution in [2.45, 2.75) is 6.61 Å². The van der Waals surface area contributed by atoms with Crippen LogP contribution in [0.4, 0.5) is 0 Å². The van der Waals surface area contributed by atoms with E-state index in [1.54, 1.807) is 18.2 Å². The number of nitrogens with zero attached hydrogens (tertiary/aromatic N) is 1. The number of carbonyl (C=O) groups excluding carboxylic acids is 2. The molecule has 0 saturated carbocycles. The first kappa shape index (κ1) is 15.2. The van der Waals surface area contributed by atoms with Gasteiger partial charge in [-0.15, -0.1) is 0 Å². The van der Waals surface area contributed by atoms with Gasteiger partial charge in [-0.1, -0.05) is 42.5 Å². The average Bonchev–Trinajstić information content (AvgIpc) is 2.54. The van der Waals surface area contributed by atoms with Crippen LogP contribution >= 0.6 is 0 Å². The molecule has 22 heavy (non-hydrogen) atoms. The van der Waals surface area contributed by atoms with Gasteiger partial charge < -0.3 is 10.5 Å². The number of rotatable bonds is 5. The van der Waals surface area contributed by atoms with Gasteiger partial charge in [0.25, 0.3) is 0 Å². The summed E-state index contributed by atoms with van der Waals surface area (Å²) in [7, 11) is 0. The van der Waals surface area contributed by atoms with Crippen LogP contribution in [0.15, 0.2) is 59.7 Å². The fraction of sp³-hybridized carbons (Fsp3) is 0.0625. The molecule has 6 heteroatoms. The lowest BCUT2D eigenvalue weighted by Crippen LogP contribution is -2.32. The van der Waals surface area contributed by atoms with Gasteiger partial charge in [-0.05, 0) is 23.3 Å². The minimum atomic E-state index is -1.09. The van der Waals surface area contributed by atoms with Crippen molar-refractivity contribution in [3.8, 4) is 5.75 Å². The average molecular weight is 297 g/mol. The second kappa shape index (κ2) is 7.58. The van der Waals surface area contributed by atoms with E-state index in [2.05, 4.69) is 5.10 Å². The van der Waals surface area contributed by atoms with Crippen LogP contribution in [0.5, 0.6) is 5.75 Å². The molecule has 2 amide bonds. The molecule has 0 heterocycles. The predicted octanol–water partition coefficient (Wildman–Crippen LogP) is 1.20. The normalized spacial score (nSPS) is 10.4. The summed E-state index contributed by atoms with van der Waals surface area (Å²) < 4.78 is 5.68. The molecule has 0 atom stereocenters. The zero-order chi connectivity index (χ0) is 15.8. The second-order valence-electron chi connectivity index (χ2n) is 4.41. The maximum Gasteiger partial charge on any atom is 0.329 e. The highest BCUT2D eigenvalue weighted by molar-refractivity contribution is 6.34. The van der Waals surface area contributed by atoms with Gasteiger partial charge in [-0.3, -0.25) is 9.59 Å². The van der Waals surface area contributed by atoms with E-state index in [-0.39, 0.29) is 0 Å². The molecule has 112 valence electrons. The van der Waals surface area contributed by atoms with Gasteiger partial charge in [-0.25, -0.2) is 5.43 Å². The zero-order valence-corrected chi connectivity index (χ0v) is 11.7. The van der Waals surface area contributed by atoms with Crippen molar-refractivity contribution in [2.24, 2.45) is 10.8 Å². The Hall–Kier alpha value is -3.15. The highest BCUT2D eigenvalue weighted by atomic mass is 16.5. The minimum Gasteiger partial charge on any atom is -0.489 e. The standard InChI is InChI=1S/C16H15N3O3/c17-15(20)16(21)19-18-10-13-7-4-8-14(9-13)22-11-12-5-2-1-3-6-12/h1-10H,11H2,(H2,17,20)(H,19,21)/b18-10-. The van der Waals surface area contributed by atoms with Crippen LogP contribution in [0.1, 0.15) is 11.1 Å². The fourth-order valence-corrected chi connectivity index (χ4v) is 1.65. The molecule has 0 bridgehead atoms. The number of amides is 2. The summed E-state index contributed by atoms with van der Waals surface area (Å²) in [6, 6.07) is 17.0. The Bertz CT molecular complexity index is 684. The van der Waals surface area contributed by atoms with Crippen LogP contribution in [0.25, 0.3) is 0 Å². The van der Waals surface area contributed by atoms with Crippen molar-refractivity contribution >= 4 is 18.0 Å². The molecule has 0 aromatic heterocycles. The van der Waals surface area contributed by atoms with Crippen molar-refractivity contribution in [1.82, 2.24) is 5.43 Å². The molecule has 3 N–H and O–H groups in total. The Kier molecular flexibility index (Phi) is 5.25. The third-order valence-corrected chi connectivity index (χ3v) is 2.71. The third kappa shape index (κ3) is 4.75. The van der Waals surface area contributed by atoms with Crippen molar-refractivity contribution in [3.63, 3.8) is 0 Å². The number of hydrogen-bond acceptors (Lipinski definition) is 4. The van der Waals surface area contributed by atoms with E-state index in [0.29, 0.717) is 12.4 Å². The lowest BCUT2D eigenvalue weighted by molar-refractivity contribution is -0.137. The molecule has 6 nitrogen and oxygen atoms in total. The molecular formula is C16H15N3O3. The van der Waals surface area contributed by atoms with Gasteiger partial charge >= 0.3 is 11.8 Å². The molecule has 0 radical (unpaired) electrons. The topological polar surface area (TPSA) is 93.8 Å². The number of carbonyl (C=O) groups is 2. The Morgan fingerprint density at radius 1 is 1.14 bits per heavy atom. The smallest absolute Gasteiger partial charge is 0.329 e. The summed E-state index contributed by atoms with van der Waals surface area (Å²) in [6.45, 7) is 0.458. The predicted molar refractivity (Wildman–Crippen MR) is 82.1 cm³/mol. The van der Waals surface area contributed by atoms with E-state index in [4.69, 9.17) is 10.5 Å². The van der Waals surface area contributed by atoms with Crippen LogP contribution in [0.3, 0.4) is 0 Å². The molecule has 0 aliphatic carbocycles. The quantitative estimate of drug-likeness (QED) is 0.493.